The molecular weight excluding hydrogens is 616 g/mol. The Balaban J connectivity index is 1.73. The third kappa shape index (κ3) is 9.84. The average molecular weight is 669 g/mol. The van der Waals surface area contributed by atoms with Crippen LogP contribution in [-0.4, -0.2) is 108 Å². The van der Waals surface area contributed by atoms with Crippen molar-refractivity contribution in [2.45, 2.75) is 153 Å². The SMILES string of the molecule is CCC(=O)O[C@H]1/C(=C/C(=O)OC)CC2CC([C@@H](C)O)OC(=O)C[C@H](O)C[C@@H]3CCC[C@H](C[C@@H]4CCO[C@H](/C=C/C(C)(C)[C@]1(O)O2)O4)O3. The Kier molecular flexibility index (Phi) is 13.0. The fourth-order valence-electron chi connectivity index (χ4n) is 6.66. The van der Waals surface area contributed by atoms with Gasteiger partial charge in [-0.3, -0.25) is 9.59 Å². The number of hydrogen-bond donors (Lipinski definition) is 3. The summed E-state index contributed by atoms with van der Waals surface area (Å²) in [5.74, 6) is -4.32. The van der Waals surface area contributed by atoms with Crippen LogP contribution in [0.15, 0.2) is 23.8 Å². The predicted octanol–water partition coefficient (Wildman–Crippen LogP) is 2.76. The van der Waals surface area contributed by atoms with Crippen LogP contribution in [0.5, 0.6) is 0 Å². The van der Waals surface area contributed by atoms with E-state index in [9.17, 15) is 29.7 Å². The summed E-state index contributed by atoms with van der Waals surface area (Å²) in [6.45, 7) is 6.88. The first-order valence-electron chi connectivity index (χ1n) is 16.8. The van der Waals surface area contributed by atoms with E-state index in [1.54, 1.807) is 32.9 Å². The van der Waals surface area contributed by atoms with Crippen molar-refractivity contribution >= 4 is 17.9 Å². The second-order valence-electron chi connectivity index (χ2n) is 13.6. The van der Waals surface area contributed by atoms with E-state index >= 15 is 0 Å². The molecule has 4 heterocycles. The molecule has 13 nitrogen and oxygen atoms in total. The van der Waals surface area contributed by atoms with Gasteiger partial charge in [-0.1, -0.05) is 26.8 Å². The number of rotatable bonds is 4. The van der Waals surface area contributed by atoms with Gasteiger partial charge in [0, 0.05) is 30.8 Å². The summed E-state index contributed by atoms with van der Waals surface area (Å²) in [6.07, 6.45) is 1.47. The van der Waals surface area contributed by atoms with E-state index in [0.717, 1.165) is 25.3 Å². The van der Waals surface area contributed by atoms with Gasteiger partial charge >= 0.3 is 17.9 Å². The zero-order valence-electron chi connectivity index (χ0n) is 28.1. The van der Waals surface area contributed by atoms with Gasteiger partial charge < -0.3 is 48.5 Å². The minimum Gasteiger partial charge on any atom is -0.466 e. The maximum Gasteiger partial charge on any atom is 0.330 e. The molecule has 10 atom stereocenters. The fourth-order valence-corrected chi connectivity index (χ4v) is 6.66. The number of ether oxygens (including phenoxy) is 7. The molecule has 0 radical (unpaired) electrons. The summed E-state index contributed by atoms with van der Waals surface area (Å²) in [7, 11) is 1.20. The van der Waals surface area contributed by atoms with Crippen molar-refractivity contribution in [3.8, 4) is 0 Å². The van der Waals surface area contributed by atoms with Crippen LogP contribution in [0.3, 0.4) is 0 Å². The zero-order chi connectivity index (χ0) is 34.4. The van der Waals surface area contributed by atoms with Crippen LogP contribution in [0.1, 0.15) is 91.9 Å². The molecule has 6 bridgehead atoms. The van der Waals surface area contributed by atoms with E-state index in [1.807, 2.05) is 0 Å². The molecule has 0 saturated carbocycles. The van der Waals surface area contributed by atoms with E-state index in [2.05, 4.69) is 0 Å². The highest BCUT2D eigenvalue weighted by atomic mass is 16.7. The molecule has 3 fully saturated rings. The lowest BCUT2D eigenvalue weighted by atomic mass is 9.74. The highest BCUT2D eigenvalue weighted by Crippen LogP contribution is 2.47. The van der Waals surface area contributed by atoms with Crippen molar-refractivity contribution in [1.82, 2.24) is 0 Å². The molecular formula is C34H52O13. The summed E-state index contributed by atoms with van der Waals surface area (Å²) >= 11 is 0. The van der Waals surface area contributed by atoms with Gasteiger partial charge in [0.2, 0.25) is 5.79 Å². The first-order valence-corrected chi connectivity index (χ1v) is 16.8. The predicted molar refractivity (Wildman–Crippen MR) is 165 cm³/mol. The van der Waals surface area contributed by atoms with Crippen molar-refractivity contribution in [3.63, 3.8) is 0 Å². The first kappa shape index (κ1) is 37.4. The van der Waals surface area contributed by atoms with Crippen LogP contribution in [0, 0.1) is 5.41 Å². The van der Waals surface area contributed by atoms with Crippen molar-refractivity contribution < 1.29 is 62.9 Å². The fraction of sp³-hybridized carbons (Fsp3) is 0.794. The number of cyclic esters (lactones) is 1. The second-order valence-corrected chi connectivity index (χ2v) is 13.6. The van der Waals surface area contributed by atoms with Crippen LogP contribution in [0.25, 0.3) is 0 Å². The summed E-state index contributed by atoms with van der Waals surface area (Å²) in [5.41, 5.74) is -1.06. The molecule has 3 saturated heterocycles. The molecule has 2 unspecified atom stereocenters. The van der Waals surface area contributed by atoms with Crippen molar-refractivity contribution in [3.05, 3.63) is 23.8 Å². The molecule has 0 amide bonds. The van der Waals surface area contributed by atoms with E-state index in [4.69, 9.17) is 33.2 Å². The third-order valence-electron chi connectivity index (χ3n) is 9.40. The first-order chi connectivity index (χ1) is 22.2. The second kappa shape index (κ2) is 16.3. The van der Waals surface area contributed by atoms with Crippen molar-refractivity contribution in [2.24, 2.45) is 5.41 Å². The van der Waals surface area contributed by atoms with Gasteiger partial charge in [-0.15, -0.1) is 0 Å². The standard InChI is InChI=1S/C34H52O13/c1-6-28(37)46-32-21(15-29(38)41-5)14-26-19-27(20(2)35)45-30(39)17-22(36)16-23-8-7-9-24(43-23)18-25-11-13-42-31(44-25)10-12-33(3,4)34(32,40)47-26/h10,12,15,20,22-27,31-32,35-36,40H,6-9,11,13-14,16-19H2,1-5H3/b12-10+,21-15+/t20-,22-,23+,24-,25+,26?,27?,31+,32+,34-/m1/s1. The molecule has 4 rings (SSSR count). The quantitative estimate of drug-likeness (QED) is 0.173. The van der Waals surface area contributed by atoms with Crippen LogP contribution >= 0.6 is 0 Å². The molecule has 47 heavy (non-hydrogen) atoms. The summed E-state index contributed by atoms with van der Waals surface area (Å²) < 4.78 is 41.0. The summed E-state index contributed by atoms with van der Waals surface area (Å²) in [4.78, 5) is 38.1. The minimum atomic E-state index is -2.25. The number of methoxy groups -OCH3 is 1. The number of hydrogen-bond acceptors (Lipinski definition) is 13. The average Bonchev–Trinajstić information content (AvgIpc) is 3.01. The topological polar surface area (TPSA) is 177 Å². The van der Waals surface area contributed by atoms with E-state index < -0.39 is 65.9 Å². The van der Waals surface area contributed by atoms with E-state index in [-0.39, 0.29) is 56.0 Å². The lowest BCUT2D eigenvalue weighted by Gasteiger charge is -2.51. The number of carbonyl (C=O) groups is 3. The van der Waals surface area contributed by atoms with Gasteiger partial charge in [0.15, 0.2) is 12.4 Å². The molecule has 3 N–H and O–H groups in total. The van der Waals surface area contributed by atoms with E-state index in [0.29, 0.717) is 19.4 Å². The van der Waals surface area contributed by atoms with Gasteiger partial charge in [0.05, 0.1) is 56.8 Å². The Bertz CT molecular complexity index is 1150. The lowest BCUT2D eigenvalue weighted by Crippen LogP contribution is -2.62. The Morgan fingerprint density at radius 1 is 1.06 bits per heavy atom. The van der Waals surface area contributed by atoms with Gasteiger partial charge in [0.1, 0.15) is 6.10 Å². The van der Waals surface area contributed by atoms with E-state index in [1.165, 1.54) is 14.0 Å². The monoisotopic (exact) mass is 668 g/mol. The third-order valence-corrected chi connectivity index (χ3v) is 9.40. The van der Waals surface area contributed by atoms with Crippen LogP contribution < -0.4 is 0 Å². The Morgan fingerprint density at radius 3 is 2.45 bits per heavy atom. The van der Waals surface area contributed by atoms with Crippen molar-refractivity contribution in [2.75, 3.05) is 13.7 Å². The molecule has 0 aromatic carbocycles. The van der Waals surface area contributed by atoms with Gasteiger partial charge in [-0.2, -0.15) is 0 Å². The largest absolute Gasteiger partial charge is 0.466 e. The van der Waals surface area contributed by atoms with Gasteiger partial charge in [-0.05, 0) is 57.1 Å². The number of fused-ring (bicyclic) bond motifs is 6. The zero-order valence-corrected chi connectivity index (χ0v) is 28.1. The van der Waals surface area contributed by atoms with Crippen molar-refractivity contribution in [1.29, 1.82) is 0 Å². The highest BCUT2D eigenvalue weighted by molar-refractivity contribution is 5.83. The smallest absolute Gasteiger partial charge is 0.330 e. The maximum atomic E-state index is 13.0. The van der Waals surface area contributed by atoms with Gasteiger partial charge in [-0.25, -0.2) is 4.79 Å². The molecule has 266 valence electrons. The number of esters is 3. The molecule has 0 aliphatic carbocycles. The molecule has 0 aromatic heterocycles. The summed E-state index contributed by atoms with van der Waals surface area (Å²) in [5, 5.41) is 33.8. The van der Waals surface area contributed by atoms with Gasteiger partial charge in [0.25, 0.3) is 0 Å². The molecule has 4 aliphatic rings. The van der Waals surface area contributed by atoms with Crippen LogP contribution in [0.4, 0.5) is 0 Å². The summed E-state index contributed by atoms with van der Waals surface area (Å²) in [6, 6.07) is 0. The maximum absolute atomic E-state index is 13.0. The molecule has 0 aromatic rings. The molecule has 13 heteroatoms. The normalized spacial score (nSPS) is 39.1. The minimum absolute atomic E-state index is 0.000280. The molecule has 0 spiro atoms. The Morgan fingerprint density at radius 2 is 1.77 bits per heavy atom. The lowest BCUT2D eigenvalue weighted by molar-refractivity contribution is -0.327. The Labute approximate surface area is 276 Å². The number of aliphatic hydroxyl groups excluding tert-OH is 2. The van der Waals surface area contributed by atoms with Crippen LogP contribution in [0.2, 0.25) is 0 Å². The Hall–Kier alpha value is -2.39. The highest BCUT2D eigenvalue weighted by Gasteiger charge is 2.57. The van der Waals surface area contributed by atoms with Crippen LogP contribution in [-0.2, 0) is 47.5 Å². The molecule has 4 aliphatic heterocycles. The number of carbonyl (C=O) groups excluding carboxylic acids is 3. The number of aliphatic hydroxyl groups is 3.